The Kier molecular flexibility index (Phi) is 7.95. The van der Waals surface area contributed by atoms with E-state index in [9.17, 15) is 0 Å². The van der Waals surface area contributed by atoms with Crippen molar-refractivity contribution in [3.8, 4) is 0 Å². The first kappa shape index (κ1) is 22.6. The smallest absolute Gasteiger partial charge is 0.00648 e. The van der Waals surface area contributed by atoms with Crippen LogP contribution in [-0.2, 0) is 0 Å². The van der Waals surface area contributed by atoms with Gasteiger partial charge in [-0.2, -0.15) is 0 Å². The predicted octanol–water partition coefficient (Wildman–Crippen LogP) is 8.48. The molecule has 0 aliphatic heterocycles. The minimum Gasteiger partial charge on any atom is -0.0958 e. The molecule has 0 bridgehead atoms. The average molecular weight is 461 g/mol. The van der Waals surface area contributed by atoms with Gasteiger partial charge in [0.2, 0.25) is 0 Å². The van der Waals surface area contributed by atoms with Gasteiger partial charge >= 0.3 is 0 Å². The van der Waals surface area contributed by atoms with Crippen LogP contribution in [0.4, 0.5) is 0 Å². The molecule has 5 rings (SSSR count). The molecule has 2 saturated carbocycles. The first-order valence-electron chi connectivity index (χ1n) is 12.9. The second kappa shape index (κ2) is 11.3. The molecule has 32 heavy (non-hydrogen) atoms. The highest BCUT2D eigenvalue weighted by atomic mass is 31.1. The first-order valence-corrected chi connectivity index (χ1v) is 16.0. The fraction of sp³-hybridized carbons (Fsp3) is 0.467. The lowest BCUT2D eigenvalue weighted by Gasteiger charge is -2.39. The van der Waals surface area contributed by atoms with E-state index in [1.807, 2.05) is 0 Å². The maximum Gasteiger partial charge on any atom is -0.00648 e. The molecule has 0 radical (unpaired) electrons. The van der Waals surface area contributed by atoms with E-state index < -0.39 is 7.92 Å². The summed E-state index contributed by atoms with van der Waals surface area (Å²) >= 11 is 0. The molecule has 0 amide bonds. The number of benzene rings is 2. The van der Waals surface area contributed by atoms with Crippen LogP contribution in [0.5, 0.6) is 0 Å². The zero-order valence-electron chi connectivity index (χ0n) is 19.5. The molecule has 2 aromatic rings. The average Bonchev–Trinajstić information content (AvgIpc) is 3.33. The molecule has 0 atom stereocenters. The Hall–Kier alpha value is -1.22. The summed E-state index contributed by atoms with van der Waals surface area (Å²) in [4.78, 5) is 0. The fourth-order valence-electron chi connectivity index (χ4n) is 6.11. The van der Waals surface area contributed by atoms with Crippen LogP contribution in [-0.4, -0.2) is 17.5 Å². The molecule has 0 N–H and O–H groups in total. The van der Waals surface area contributed by atoms with Crippen molar-refractivity contribution in [2.75, 3.05) is 6.16 Å². The van der Waals surface area contributed by atoms with Crippen LogP contribution in [0.15, 0.2) is 83.7 Å². The van der Waals surface area contributed by atoms with E-state index in [-0.39, 0.29) is 7.92 Å². The lowest BCUT2D eigenvalue weighted by molar-refractivity contribution is 0.485. The van der Waals surface area contributed by atoms with Gasteiger partial charge in [0.25, 0.3) is 0 Å². The topological polar surface area (TPSA) is 0 Å². The van der Waals surface area contributed by atoms with Gasteiger partial charge in [-0.25, -0.2) is 0 Å². The van der Waals surface area contributed by atoms with Gasteiger partial charge in [-0.15, -0.1) is 0 Å². The van der Waals surface area contributed by atoms with Crippen molar-refractivity contribution in [2.45, 2.75) is 81.9 Å². The third kappa shape index (κ3) is 5.29. The van der Waals surface area contributed by atoms with E-state index >= 15 is 0 Å². The molecule has 2 heteroatoms. The van der Waals surface area contributed by atoms with Crippen molar-refractivity contribution in [2.24, 2.45) is 0 Å². The van der Waals surface area contributed by atoms with Gasteiger partial charge in [-0.3, -0.25) is 0 Å². The monoisotopic (exact) mass is 460 g/mol. The molecule has 3 aliphatic carbocycles. The number of allylic oxidation sites excluding steroid dienone is 4. The first-order chi connectivity index (χ1) is 15.9. The summed E-state index contributed by atoms with van der Waals surface area (Å²) in [5.41, 5.74) is 3.79. The Bertz CT molecular complexity index is 845. The van der Waals surface area contributed by atoms with E-state index in [0.717, 1.165) is 17.7 Å². The maximum absolute atomic E-state index is 2.54. The lowest BCUT2D eigenvalue weighted by atomic mass is 9.99. The van der Waals surface area contributed by atoms with Gasteiger partial charge in [0.05, 0.1) is 0 Å². The zero-order chi connectivity index (χ0) is 21.6. The molecule has 0 aromatic heterocycles. The third-order valence-electron chi connectivity index (χ3n) is 7.74. The van der Waals surface area contributed by atoms with Gasteiger partial charge in [0.15, 0.2) is 0 Å². The molecule has 2 aromatic carbocycles. The SMILES string of the molecule is C1=CC(CP(C2CCCCC2)C2CCCCC2)=C(P(c2ccccc2)c2ccccc2)C1. The number of hydrogen-bond donors (Lipinski definition) is 0. The second-order valence-corrected chi connectivity index (χ2v) is 14.9. The number of hydrogen-bond acceptors (Lipinski definition) is 0. The Morgan fingerprint density at radius 2 is 1.12 bits per heavy atom. The molecule has 0 heterocycles. The predicted molar refractivity (Wildman–Crippen MR) is 145 cm³/mol. The highest BCUT2D eigenvalue weighted by Gasteiger charge is 2.33. The standard InChI is InChI=1S/C30H38P2/c1-5-15-26(16-6-1)31(27-17-7-2-8-18-27)24-25-14-13-23-30(25)32(28-19-9-3-10-20-28)29-21-11-4-12-22-29/h3-4,9-14,19-22,26-27H,1-2,5-8,15-18,23-24H2. The molecule has 0 unspecified atom stereocenters. The van der Waals surface area contributed by atoms with E-state index in [0.29, 0.717) is 0 Å². The third-order valence-corrected chi connectivity index (χ3v) is 14.0. The fourth-order valence-corrected chi connectivity index (χ4v) is 12.7. The largest absolute Gasteiger partial charge is 0.0958 e. The lowest BCUT2D eigenvalue weighted by Crippen LogP contribution is -2.22. The molecule has 0 saturated heterocycles. The highest BCUT2D eigenvalue weighted by Crippen LogP contribution is 2.59. The van der Waals surface area contributed by atoms with E-state index in [4.69, 9.17) is 0 Å². The molecular weight excluding hydrogens is 422 g/mol. The maximum atomic E-state index is 2.54. The zero-order valence-corrected chi connectivity index (χ0v) is 21.3. The van der Waals surface area contributed by atoms with Crippen LogP contribution in [0.25, 0.3) is 0 Å². The Balaban J connectivity index is 1.49. The van der Waals surface area contributed by atoms with Gasteiger partial charge in [0.1, 0.15) is 0 Å². The summed E-state index contributed by atoms with van der Waals surface area (Å²) in [6.07, 6.45) is 22.5. The summed E-state index contributed by atoms with van der Waals surface area (Å²) in [5, 5.41) is 4.78. The molecule has 0 spiro atoms. The van der Waals surface area contributed by atoms with Crippen molar-refractivity contribution in [3.05, 3.63) is 83.7 Å². The summed E-state index contributed by atoms with van der Waals surface area (Å²) in [6.45, 7) is 0. The summed E-state index contributed by atoms with van der Waals surface area (Å²) in [5.74, 6) is 0. The van der Waals surface area contributed by atoms with Crippen LogP contribution in [0.2, 0.25) is 0 Å². The quantitative estimate of drug-likeness (QED) is 0.364. The van der Waals surface area contributed by atoms with Crippen molar-refractivity contribution in [1.82, 2.24) is 0 Å². The van der Waals surface area contributed by atoms with Crippen molar-refractivity contribution >= 4 is 26.5 Å². The second-order valence-electron chi connectivity index (χ2n) is 9.84. The molecule has 2 fully saturated rings. The van der Waals surface area contributed by atoms with Crippen molar-refractivity contribution in [3.63, 3.8) is 0 Å². The van der Waals surface area contributed by atoms with Gasteiger partial charge in [-0.05, 0) is 79.0 Å². The van der Waals surface area contributed by atoms with Crippen molar-refractivity contribution < 1.29 is 0 Å². The molecule has 3 aliphatic rings. The van der Waals surface area contributed by atoms with E-state index in [2.05, 4.69) is 72.8 Å². The van der Waals surface area contributed by atoms with Gasteiger partial charge in [-0.1, -0.05) is 119 Å². The Morgan fingerprint density at radius 1 is 0.625 bits per heavy atom. The highest BCUT2D eigenvalue weighted by molar-refractivity contribution is 7.76. The van der Waals surface area contributed by atoms with Crippen LogP contribution in [0.3, 0.4) is 0 Å². The van der Waals surface area contributed by atoms with Gasteiger partial charge in [0, 0.05) is 0 Å². The number of rotatable bonds is 7. The summed E-state index contributed by atoms with van der Waals surface area (Å²) in [7, 11) is -0.325. The van der Waals surface area contributed by atoms with Crippen LogP contribution < -0.4 is 10.6 Å². The molecular formula is C30H38P2. The van der Waals surface area contributed by atoms with Crippen LogP contribution >= 0.6 is 15.8 Å². The van der Waals surface area contributed by atoms with Gasteiger partial charge < -0.3 is 0 Å². The Labute approximate surface area is 198 Å². The Morgan fingerprint density at radius 3 is 1.62 bits per heavy atom. The molecule has 0 nitrogen and oxygen atoms in total. The van der Waals surface area contributed by atoms with E-state index in [1.165, 1.54) is 81.0 Å². The minimum atomic E-state index is -0.429. The van der Waals surface area contributed by atoms with E-state index in [1.54, 1.807) is 10.9 Å². The normalized spacial score (nSPS) is 20.6. The van der Waals surface area contributed by atoms with Crippen LogP contribution in [0.1, 0.15) is 70.6 Å². The van der Waals surface area contributed by atoms with Crippen LogP contribution in [0, 0.1) is 0 Å². The summed E-state index contributed by atoms with van der Waals surface area (Å²) in [6, 6.07) is 22.7. The minimum absolute atomic E-state index is 0.104. The summed E-state index contributed by atoms with van der Waals surface area (Å²) < 4.78 is 0. The van der Waals surface area contributed by atoms with Crippen molar-refractivity contribution in [1.29, 1.82) is 0 Å². The molecule has 168 valence electrons.